The molecule has 0 saturated carbocycles. The number of aryl methyl sites for hydroxylation is 1. The number of hydroxylamine groups is 2. The van der Waals surface area contributed by atoms with E-state index in [2.05, 4.69) is 0 Å². The van der Waals surface area contributed by atoms with E-state index in [1.54, 1.807) is 0 Å². The highest BCUT2D eigenvalue weighted by molar-refractivity contribution is 5.72. The van der Waals surface area contributed by atoms with Gasteiger partial charge in [0.15, 0.2) is 0 Å². The standard InChI is InChI=1S/C22H29NO3/c1-6-15-23(18(3)24)26-22(4,5)20-13-9-8-12-19(20)16-25-21-14-10-7-11-17(21)2/h7-14H,6,15-16H2,1-5H3. The van der Waals surface area contributed by atoms with Crippen LogP contribution in [0.3, 0.4) is 0 Å². The molecular weight excluding hydrogens is 326 g/mol. The smallest absolute Gasteiger partial charge is 0.243 e. The van der Waals surface area contributed by atoms with E-state index in [0.29, 0.717) is 13.2 Å². The Kier molecular flexibility index (Phi) is 6.81. The summed E-state index contributed by atoms with van der Waals surface area (Å²) in [6.07, 6.45) is 0.841. The minimum absolute atomic E-state index is 0.0893. The summed E-state index contributed by atoms with van der Waals surface area (Å²) in [4.78, 5) is 17.9. The Bertz CT molecular complexity index is 740. The third kappa shape index (κ3) is 5.09. The summed E-state index contributed by atoms with van der Waals surface area (Å²) >= 11 is 0. The molecule has 2 aromatic carbocycles. The van der Waals surface area contributed by atoms with Crippen molar-refractivity contribution in [2.24, 2.45) is 0 Å². The summed E-state index contributed by atoms with van der Waals surface area (Å²) in [5.74, 6) is 0.783. The number of nitrogens with zero attached hydrogens (tertiary/aromatic N) is 1. The lowest BCUT2D eigenvalue weighted by molar-refractivity contribution is -0.234. The van der Waals surface area contributed by atoms with Gasteiger partial charge in [-0.1, -0.05) is 49.4 Å². The summed E-state index contributed by atoms with van der Waals surface area (Å²) in [7, 11) is 0. The Labute approximate surface area is 156 Å². The number of ether oxygens (including phenoxy) is 1. The fourth-order valence-electron chi connectivity index (χ4n) is 2.90. The van der Waals surface area contributed by atoms with Crippen molar-refractivity contribution < 1.29 is 14.4 Å². The maximum atomic E-state index is 11.9. The van der Waals surface area contributed by atoms with Gasteiger partial charge in [-0.05, 0) is 49.9 Å². The van der Waals surface area contributed by atoms with Crippen molar-refractivity contribution in [3.8, 4) is 5.75 Å². The van der Waals surface area contributed by atoms with Gasteiger partial charge in [0, 0.05) is 13.5 Å². The molecule has 140 valence electrons. The van der Waals surface area contributed by atoms with Gasteiger partial charge >= 0.3 is 0 Å². The van der Waals surface area contributed by atoms with Crippen LogP contribution in [0.25, 0.3) is 0 Å². The Balaban J connectivity index is 2.21. The molecule has 0 fully saturated rings. The SMILES string of the molecule is CCCN(OC(C)(C)c1ccccc1COc1ccccc1C)C(C)=O. The number of hydrogen-bond donors (Lipinski definition) is 0. The van der Waals surface area contributed by atoms with E-state index in [4.69, 9.17) is 9.57 Å². The van der Waals surface area contributed by atoms with Crippen LogP contribution in [0.1, 0.15) is 50.8 Å². The van der Waals surface area contributed by atoms with E-state index in [1.165, 1.54) is 12.0 Å². The van der Waals surface area contributed by atoms with Gasteiger partial charge in [0.05, 0.1) is 0 Å². The van der Waals surface area contributed by atoms with E-state index in [-0.39, 0.29) is 5.91 Å². The van der Waals surface area contributed by atoms with Gasteiger partial charge in [-0.3, -0.25) is 9.63 Å². The molecule has 0 N–H and O–H groups in total. The number of para-hydroxylation sites is 1. The number of carbonyl (C=O) groups excluding carboxylic acids is 1. The quantitative estimate of drug-likeness (QED) is 0.626. The number of amides is 1. The van der Waals surface area contributed by atoms with Crippen LogP contribution in [0.4, 0.5) is 0 Å². The molecule has 4 heteroatoms. The fourth-order valence-corrected chi connectivity index (χ4v) is 2.90. The molecule has 0 aliphatic carbocycles. The van der Waals surface area contributed by atoms with E-state index in [1.807, 2.05) is 76.2 Å². The average Bonchev–Trinajstić information content (AvgIpc) is 2.60. The molecule has 1 amide bonds. The summed E-state index contributed by atoms with van der Waals surface area (Å²) in [6, 6.07) is 16.0. The fraction of sp³-hybridized carbons (Fsp3) is 0.409. The van der Waals surface area contributed by atoms with E-state index in [9.17, 15) is 4.79 Å². The van der Waals surface area contributed by atoms with Crippen molar-refractivity contribution in [3.05, 3.63) is 65.2 Å². The summed E-state index contributed by atoms with van der Waals surface area (Å²) in [6.45, 7) is 10.6. The van der Waals surface area contributed by atoms with Gasteiger partial charge in [-0.15, -0.1) is 0 Å². The van der Waals surface area contributed by atoms with Crippen LogP contribution in [0, 0.1) is 6.92 Å². The second kappa shape index (κ2) is 8.86. The van der Waals surface area contributed by atoms with Gasteiger partial charge in [0.2, 0.25) is 5.91 Å². The van der Waals surface area contributed by atoms with Crippen LogP contribution in [-0.4, -0.2) is 17.5 Å². The number of hydrogen-bond acceptors (Lipinski definition) is 3. The highest BCUT2D eigenvalue weighted by atomic mass is 16.7. The second-order valence-corrected chi connectivity index (χ2v) is 6.93. The number of carbonyl (C=O) groups is 1. The zero-order chi connectivity index (χ0) is 19.2. The zero-order valence-electron chi connectivity index (χ0n) is 16.4. The van der Waals surface area contributed by atoms with Crippen molar-refractivity contribution in [1.29, 1.82) is 0 Å². The van der Waals surface area contributed by atoms with Gasteiger partial charge in [-0.25, -0.2) is 5.06 Å². The molecule has 0 spiro atoms. The monoisotopic (exact) mass is 355 g/mol. The molecule has 2 aromatic rings. The molecule has 2 rings (SSSR count). The van der Waals surface area contributed by atoms with Gasteiger partial charge in [-0.2, -0.15) is 0 Å². The first-order chi connectivity index (χ1) is 12.3. The van der Waals surface area contributed by atoms with Crippen molar-refractivity contribution >= 4 is 5.91 Å². The molecule has 26 heavy (non-hydrogen) atoms. The van der Waals surface area contributed by atoms with Crippen molar-refractivity contribution in [2.75, 3.05) is 6.54 Å². The van der Waals surface area contributed by atoms with Crippen LogP contribution in [0.5, 0.6) is 5.75 Å². The van der Waals surface area contributed by atoms with Crippen LogP contribution < -0.4 is 4.74 Å². The number of rotatable bonds is 8. The Morgan fingerprint density at radius 2 is 1.73 bits per heavy atom. The Hall–Kier alpha value is -2.33. The third-order valence-corrected chi connectivity index (χ3v) is 4.26. The van der Waals surface area contributed by atoms with Gasteiger partial charge in [0.25, 0.3) is 0 Å². The third-order valence-electron chi connectivity index (χ3n) is 4.26. The van der Waals surface area contributed by atoms with E-state index < -0.39 is 5.60 Å². The normalized spacial score (nSPS) is 11.3. The molecule has 0 radical (unpaired) electrons. The molecule has 4 nitrogen and oxygen atoms in total. The van der Waals surface area contributed by atoms with E-state index in [0.717, 1.165) is 28.9 Å². The first-order valence-electron chi connectivity index (χ1n) is 9.09. The minimum atomic E-state index is -0.646. The van der Waals surface area contributed by atoms with Crippen molar-refractivity contribution in [2.45, 2.75) is 53.2 Å². The maximum Gasteiger partial charge on any atom is 0.243 e. The molecule has 0 aliphatic heterocycles. The molecule has 0 bridgehead atoms. The van der Waals surface area contributed by atoms with Gasteiger partial charge < -0.3 is 4.74 Å². The highest BCUT2D eigenvalue weighted by Gasteiger charge is 2.29. The maximum absolute atomic E-state index is 11.9. The molecule has 0 saturated heterocycles. The predicted molar refractivity (Wildman–Crippen MR) is 104 cm³/mol. The predicted octanol–water partition coefficient (Wildman–Crippen LogP) is 5.00. The van der Waals surface area contributed by atoms with Crippen molar-refractivity contribution in [3.63, 3.8) is 0 Å². The minimum Gasteiger partial charge on any atom is -0.489 e. The Morgan fingerprint density at radius 1 is 1.08 bits per heavy atom. The molecular formula is C22H29NO3. The Morgan fingerprint density at radius 3 is 2.38 bits per heavy atom. The topological polar surface area (TPSA) is 38.8 Å². The molecule has 0 atom stereocenters. The first-order valence-corrected chi connectivity index (χ1v) is 9.09. The molecule has 0 aliphatic rings. The summed E-state index contributed by atoms with van der Waals surface area (Å²) < 4.78 is 6.02. The lowest BCUT2D eigenvalue weighted by Gasteiger charge is -2.33. The lowest BCUT2D eigenvalue weighted by atomic mass is 9.93. The van der Waals surface area contributed by atoms with Crippen LogP contribution in [-0.2, 0) is 21.8 Å². The molecule has 0 aromatic heterocycles. The van der Waals surface area contributed by atoms with Crippen LogP contribution >= 0.6 is 0 Å². The largest absolute Gasteiger partial charge is 0.489 e. The summed E-state index contributed by atoms with van der Waals surface area (Å²) in [5.41, 5.74) is 2.51. The number of benzene rings is 2. The van der Waals surface area contributed by atoms with Crippen molar-refractivity contribution in [1.82, 2.24) is 5.06 Å². The van der Waals surface area contributed by atoms with E-state index >= 15 is 0 Å². The second-order valence-electron chi connectivity index (χ2n) is 6.93. The zero-order valence-corrected chi connectivity index (χ0v) is 16.4. The lowest BCUT2D eigenvalue weighted by Crippen LogP contribution is -2.38. The summed E-state index contributed by atoms with van der Waals surface area (Å²) in [5, 5.41) is 1.44. The van der Waals surface area contributed by atoms with Crippen LogP contribution in [0.2, 0.25) is 0 Å². The first kappa shape index (κ1) is 20.0. The molecule has 0 unspecified atom stereocenters. The van der Waals surface area contributed by atoms with Crippen LogP contribution in [0.15, 0.2) is 48.5 Å². The van der Waals surface area contributed by atoms with Gasteiger partial charge in [0.1, 0.15) is 18.0 Å². The molecule has 0 heterocycles. The highest BCUT2D eigenvalue weighted by Crippen LogP contribution is 2.30. The average molecular weight is 355 g/mol.